The van der Waals surface area contributed by atoms with Crippen LogP contribution in [0, 0.1) is 5.92 Å². The fraction of sp³-hybridized carbons (Fsp3) is 0.650. The zero-order chi connectivity index (χ0) is 17.5. The van der Waals surface area contributed by atoms with Crippen molar-refractivity contribution >= 4 is 45.9 Å². The Hall–Kier alpha value is -0.340. The van der Waals surface area contributed by atoms with E-state index in [0.29, 0.717) is 6.04 Å². The summed E-state index contributed by atoms with van der Waals surface area (Å²) in [6, 6.07) is 9.23. The summed E-state index contributed by atoms with van der Waals surface area (Å²) in [6.45, 7) is 7.37. The summed E-state index contributed by atoms with van der Waals surface area (Å²) in [5.41, 5.74) is 1.39. The van der Waals surface area contributed by atoms with Crippen LogP contribution < -0.4 is 10.6 Å². The van der Waals surface area contributed by atoms with Crippen LogP contribution in [0.5, 0.6) is 0 Å². The highest BCUT2D eigenvalue weighted by atomic mass is 127. The molecule has 2 N–H and O–H groups in total. The molecule has 0 atom stereocenters. The van der Waals surface area contributed by atoms with E-state index in [1.807, 2.05) is 0 Å². The highest BCUT2D eigenvalue weighted by Gasteiger charge is 2.21. The maximum absolute atomic E-state index is 4.76. The summed E-state index contributed by atoms with van der Waals surface area (Å²) in [4.78, 5) is 7.31. The van der Waals surface area contributed by atoms with Gasteiger partial charge in [0.25, 0.3) is 0 Å². The minimum atomic E-state index is 0. The number of nitrogens with one attached hydrogen (secondary N) is 2. The smallest absolute Gasteiger partial charge is 0.191 e. The lowest BCUT2D eigenvalue weighted by atomic mass is 10.0. The molecular formula is C20H32BrIN4. The molecule has 2 fully saturated rings. The zero-order valence-electron chi connectivity index (χ0n) is 15.7. The fourth-order valence-corrected chi connectivity index (χ4v) is 3.63. The Morgan fingerprint density at radius 2 is 1.85 bits per heavy atom. The van der Waals surface area contributed by atoms with Crippen molar-refractivity contribution in [3.05, 3.63) is 34.3 Å². The molecule has 26 heavy (non-hydrogen) atoms. The van der Waals surface area contributed by atoms with Gasteiger partial charge < -0.3 is 10.6 Å². The third-order valence-corrected chi connectivity index (χ3v) is 5.62. The Kier molecular flexibility index (Phi) is 9.70. The zero-order valence-corrected chi connectivity index (χ0v) is 19.6. The predicted octanol–water partition coefficient (Wildman–Crippen LogP) is 4.39. The number of benzene rings is 1. The molecule has 1 heterocycles. The van der Waals surface area contributed by atoms with Gasteiger partial charge in [-0.1, -0.05) is 40.9 Å². The lowest BCUT2D eigenvalue weighted by Gasteiger charge is -2.33. The monoisotopic (exact) mass is 534 g/mol. The first kappa shape index (κ1) is 22.0. The molecule has 0 radical (unpaired) electrons. The van der Waals surface area contributed by atoms with E-state index in [1.165, 1.54) is 37.7 Å². The van der Waals surface area contributed by atoms with Crippen molar-refractivity contribution in [2.45, 2.75) is 51.6 Å². The van der Waals surface area contributed by atoms with Crippen LogP contribution in [0.4, 0.5) is 0 Å². The number of halogens is 2. The molecule has 6 heteroatoms. The average molecular weight is 535 g/mol. The van der Waals surface area contributed by atoms with Crippen molar-refractivity contribution in [1.29, 1.82) is 0 Å². The van der Waals surface area contributed by atoms with Crippen LogP contribution in [0.15, 0.2) is 33.7 Å². The molecule has 4 nitrogen and oxygen atoms in total. The second-order valence-corrected chi connectivity index (χ2v) is 8.23. The number of nitrogens with zero attached hydrogens (tertiary/aromatic N) is 2. The predicted molar refractivity (Wildman–Crippen MR) is 124 cm³/mol. The van der Waals surface area contributed by atoms with Crippen LogP contribution in [0.25, 0.3) is 0 Å². The minimum Gasteiger partial charge on any atom is -0.357 e. The molecule has 0 bridgehead atoms. The number of hydrogen-bond donors (Lipinski definition) is 2. The molecule has 1 aliphatic heterocycles. The van der Waals surface area contributed by atoms with Gasteiger partial charge in [0.1, 0.15) is 0 Å². The van der Waals surface area contributed by atoms with Gasteiger partial charge in [0.15, 0.2) is 5.96 Å². The summed E-state index contributed by atoms with van der Waals surface area (Å²) < 4.78 is 1.15. The summed E-state index contributed by atoms with van der Waals surface area (Å²) >= 11 is 3.50. The van der Waals surface area contributed by atoms with Crippen molar-refractivity contribution in [1.82, 2.24) is 15.5 Å². The van der Waals surface area contributed by atoms with Gasteiger partial charge >= 0.3 is 0 Å². The van der Waals surface area contributed by atoms with Crippen LogP contribution in [-0.4, -0.2) is 43.1 Å². The van der Waals surface area contributed by atoms with Crippen molar-refractivity contribution in [3.8, 4) is 0 Å². The Morgan fingerprint density at radius 3 is 2.46 bits per heavy atom. The van der Waals surface area contributed by atoms with Gasteiger partial charge in [0, 0.05) is 43.2 Å². The van der Waals surface area contributed by atoms with Crippen LogP contribution in [0.2, 0.25) is 0 Å². The largest absolute Gasteiger partial charge is 0.357 e. The third-order valence-electron chi connectivity index (χ3n) is 5.10. The molecule has 0 aromatic heterocycles. The first-order valence-corrected chi connectivity index (χ1v) is 10.5. The lowest BCUT2D eigenvalue weighted by molar-refractivity contribution is 0.198. The van der Waals surface area contributed by atoms with E-state index in [1.54, 1.807) is 0 Å². The first-order chi connectivity index (χ1) is 12.2. The van der Waals surface area contributed by atoms with Crippen molar-refractivity contribution < 1.29 is 0 Å². The van der Waals surface area contributed by atoms with Gasteiger partial charge in [0.2, 0.25) is 0 Å². The maximum Gasteiger partial charge on any atom is 0.191 e. The second-order valence-electron chi connectivity index (χ2n) is 7.31. The molecule has 1 aliphatic carbocycles. The molecule has 1 saturated carbocycles. The topological polar surface area (TPSA) is 39.7 Å². The van der Waals surface area contributed by atoms with E-state index in [-0.39, 0.29) is 24.0 Å². The Morgan fingerprint density at radius 1 is 1.15 bits per heavy atom. The lowest BCUT2D eigenvalue weighted by Crippen LogP contribution is -2.48. The van der Waals surface area contributed by atoms with Gasteiger partial charge in [-0.2, -0.15) is 0 Å². The minimum absolute atomic E-state index is 0. The SMILES string of the molecule is CCNC(=NCCC1CC1)NC1CCN(Cc2ccc(Br)cc2)CC1.I. The number of likely N-dealkylation sites (tertiary alicyclic amines) is 1. The van der Waals surface area contributed by atoms with Crippen LogP contribution in [0.1, 0.15) is 44.6 Å². The second kappa shape index (κ2) is 11.5. The standard InChI is InChI=1S/C20H31BrN4.HI/c1-2-22-20(23-12-9-16-3-4-16)24-19-10-13-25(14-11-19)15-17-5-7-18(21)8-6-17;/h5-8,16,19H,2-4,9-15H2,1H3,(H2,22,23,24);1H. The normalized spacial score (nSPS) is 19.1. The highest BCUT2D eigenvalue weighted by molar-refractivity contribution is 14.0. The maximum atomic E-state index is 4.76. The Balaban J connectivity index is 0.00000243. The van der Waals surface area contributed by atoms with Gasteiger partial charge in [-0.3, -0.25) is 9.89 Å². The van der Waals surface area contributed by atoms with Gasteiger partial charge in [-0.15, -0.1) is 24.0 Å². The van der Waals surface area contributed by atoms with Crippen molar-refractivity contribution in [2.75, 3.05) is 26.2 Å². The Bertz CT molecular complexity index is 551. The van der Waals surface area contributed by atoms with Gasteiger partial charge in [0.05, 0.1) is 0 Å². The number of aliphatic imine (C=N–C) groups is 1. The molecule has 0 unspecified atom stereocenters. The van der Waals surface area contributed by atoms with Gasteiger partial charge in [-0.05, 0) is 49.8 Å². The van der Waals surface area contributed by atoms with E-state index in [4.69, 9.17) is 4.99 Å². The number of piperidine rings is 1. The molecular weight excluding hydrogens is 503 g/mol. The average Bonchev–Trinajstić information content (AvgIpc) is 3.43. The molecule has 146 valence electrons. The van der Waals surface area contributed by atoms with E-state index < -0.39 is 0 Å². The van der Waals surface area contributed by atoms with E-state index in [9.17, 15) is 0 Å². The first-order valence-electron chi connectivity index (χ1n) is 9.74. The highest BCUT2D eigenvalue weighted by Crippen LogP contribution is 2.32. The van der Waals surface area contributed by atoms with Crippen LogP contribution >= 0.6 is 39.9 Å². The fourth-order valence-electron chi connectivity index (χ4n) is 3.36. The van der Waals surface area contributed by atoms with E-state index in [0.717, 1.165) is 49.1 Å². The molecule has 0 spiro atoms. The number of hydrogen-bond acceptors (Lipinski definition) is 2. The van der Waals surface area contributed by atoms with Crippen molar-refractivity contribution in [2.24, 2.45) is 10.9 Å². The van der Waals surface area contributed by atoms with Crippen LogP contribution in [0.3, 0.4) is 0 Å². The summed E-state index contributed by atoms with van der Waals surface area (Å²) in [6.07, 6.45) is 6.45. The number of rotatable bonds is 7. The van der Waals surface area contributed by atoms with Crippen LogP contribution in [-0.2, 0) is 6.54 Å². The number of guanidine groups is 1. The summed E-state index contributed by atoms with van der Waals surface area (Å²) in [5.74, 6) is 1.96. The molecule has 1 aromatic carbocycles. The molecule has 3 rings (SSSR count). The Labute approximate surface area is 183 Å². The quantitative estimate of drug-likeness (QED) is 0.309. The molecule has 1 saturated heterocycles. The summed E-state index contributed by atoms with van der Waals surface area (Å²) in [5, 5.41) is 7.05. The molecule has 1 aromatic rings. The third kappa shape index (κ3) is 7.72. The van der Waals surface area contributed by atoms with E-state index in [2.05, 4.69) is 62.7 Å². The molecule has 0 amide bonds. The van der Waals surface area contributed by atoms with Gasteiger partial charge in [-0.25, -0.2) is 0 Å². The van der Waals surface area contributed by atoms with E-state index >= 15 is 0 Å². The molecule has 2 aliphatic rings. The van der Waals surface area contributed by atoms with Crippen molar-refractivity contribution in [3.63, 3.8) is 0 Å². The summed E-state index contributed by atoms with van der Waals surface area (Å²) in [7, 11) is 0.